The number of carboxylic acid groups (broad SMARTS) is 1. The highest BCUT2D eigenvalue weighted by Gasteiger charge is 2.21. The number of imidazole rings is 1. The SMILES string of the molecule is O=C(Nc1c(F)cccc1Br)c1nc[nH]c1C(=O)O. The lowest BCUT2D eigenvalue weighted by Gasteiger charge is -2.07. The summed E-state index contributed by atoms with van der Waals surface area (Å²) in [6.45, 7) is 0. The number of anilines is 1. The molecule has 0 atom stereocenters. The van der Waals surface area contributed by atoms with Crippen molar-refractivity contribution in [1.82, 2.24) is 9.97 Å². The van der Waals surface area contributed by atoms with Crippen LogP contribution in [0, 0.1) is 5.82 Å². The van der Waals surface area contributed by atoms with Gasteiger partial charge in [0.05, 0.1) is 12.0 Å². The first kappa shape index (κ1) is 13.2. The van der Waals surface area contributed by atoms with Crippen molar-refractivity contribution in [3.8, 4) is 0 Å². The molecule has 0 saturated heterocycles. The quantitative estimate of drug-likeness (QED) is 0.805. The molecule has 1 aromatic carbocycles. The van der Waals surface area contributed by atoms with Crippen LogP contribution < -0.4 is 5.32 Å². The second kappa shape index (κ2) is 5.19. The van der Waals surface area contributed by atoms with Crippen molar-refractivity contribution >= 4 is 33.5 Å². The fourth-order valence-electron chi connectivity index (χ4n) is 1.42. The highest BCUT2D eigenvalue weighted by Crippen LogP contribution is 2.25. The molecule has 0 unspecified atom stereocenters. The van der Waals surface area contributed by atoms with Gasteiger partial charge >= 0.3 is 5.97 Å². The first-order valence-corrected chi connectivity index (χ1v) is 5.82. The van der Waals surface area contributed by atoms with E-state index in [-0.39, 0.29) is 17.1 Å². The average molecular weight is 328 g/mol. The average Bonchev–Trinajstić information content (AvgIpc) is 2.83. The fourth-order valence-corrected chi connectivity index (χ4v) is 1.86. The van der Waals surface area contributed by atoms with E-state index in [2.05, 4.69) is 31.2 Å². The number of hydrogen-bond donors (Lipinski definition) is 3. The van der Waals surface area contributed by atoms with Gasteiger partial charge in [0.15, 0.2) is 11.4 Å². The third-order valence-electron chi connectivity index (χ3n) is 2.27. The van der Waals surface area contributed by atoms with E-state index >= 15 is 0 Å². The Hall–Kier alpha value is -2.22. The maximum Gasteiger partial charge on any atom is 0.354 e. The Morgan fingerprint density at radius 2 is 2.16 bits per heavy atom. The second-order valence-corrected chi connectivity index (χ2v) is 4.34. The number of hydrogen-bond acceptors (Lipinski definition) is 3. The van der Waals surface area contributed by atoms with E-state index < -0.39 is 17.7 Å². The molecular weight excluding hydrogens is 321 g/mol. The lowest BCUT2D eigenvalue weighted by atomic mass is 10.2. The van der Waals surface area contributed by atoms with Crippen molar-refractivity contribution < 1.29 is 19.1 Å². The Morgan fingerprint density at radius 3 is 2.79 bits per heavy atom. The van der Waals surface area contributed by atoms with Crippen LogP contribution in [0.25, 0.3) is 0 Å². The number of amides is 1. The Kier molecular flexibility index (Phi) is 3.61. The Morgan fingerprint density at radius 1 is 1.42 bits per heavy atom. The number of aromatic amines is 1. The molecule has 8 heteroatoms. The number of aromatic carboxylic acids is 1. The topological polar surface area (TPSA) is 95.1 Å². The van der Waals surface area contributed by atoms with Gasteiger partial charge in [-0.2, -0.15) is 0 Å². The first-order valence-electron chi connectivity index (χ1n) is 5.02. The van der Waals surface area contributed by atoms with Gasteiger partial charge in [-0.1, -0.05) is 6.07 Å². The van der Waals surface area contributed by atoms with Crippen molar-refractivity contribution in [3.05, 3.63) is 46.2 Å². The molecule has 0 radical (unpaired) electrons. The molecule has 98 valence electrons. The number of carbonyl (C=O) groups excluding carboxylic acids is 1. The minimum atomic E-state index is -1.32. The molecule has 6 nitrogen and oxygen atoms in total. The number of halogens is 2. The summed E-state index contributed by atoms with van der Waals surface area (Å²) in [5.41, 5.74) is -0.751. The summed E-state index contributed by atoms with van der Waals surface area (Å²) in [7, 11) is 0. The van der Waals surface area contributed by atoms with Crippen molar-refractivity contribution in [2.45, 2.75) is 0 Å². The number of carboxylic acids is 1. The van der Waals surface area contributed by atoms with Crippen LogP contribution in [-0.2, 0) is 0 Å². The molecule has 2 aromatic rings. The molecule has 0 aliphatic carbocycles. The van der Waals surface area contributed by atoms with Gasteiger partial charge in [-0.25, -0.2) is 14.2 Å². The van der Waals surface area contributed by atoms with Gasteiger partial charge in [-0.3, -0.25) is 4.79 Å². The van der Waals surface area contributed by atoms with Crippen LogP contribution in [0.3, 0.4) is 0 Å². The summed E-state index contributed by atoms with van der Waals surface area (Å²) >= 11 is 3.09. The summed E-state index contributed by atoms with van der Waals surface area (Å²) in [5.74, 6) is -2.78. The Balaban J connectivity index is 2.31. The number of para-hydroxylation sites is 1. The summed E-state index contributed by atoms with van der Waals surface area (Å²) < 4.78 is 13.9. The Bertz CT molecular complexity index is 636. The summed E-state index contributed by atoms with van der Waals surface area (Å²) in [5, 5.41) is 11.1. The maximum absolute atomic E-state index is 13.5. The van der Waals surface area contributed by atoms with Gasteiger partial charge in [0.25, 0.3) is 5.91 Å². The largest absolute Gasteiger partial charge is 0.477 e. The number of nitrogens with one attached hydrogen (secondary N) is 2. The predicted molar refractivity (Wildman–Crippen MR) is 67.6 cm³/mol. The number of benzene rings is 1. The van der Waals surface area contributed by atoms with Gasteiger partial charge in [-0.05, 0) is 28.1 Å². The van der Waals surface area contributed by atoms with Crippen LogP contribution in [-0.4, -0.2) is 27.0 Å². The molecule has 0 fully saturated rings. The minimum Gasteiger partial charge on any atom is -0.477 e. The fraction of sp³-hybridized carbons (Fsp3) is 0. The zero-order valence-corrected chi connectivity index (χ0v) is 10.9. The maximum atomic E-state index is 13.5. The number of rotatable bonds is 3. The van der Waals surface area contributed by atoms with E-state index in [1.807, 2.05) is 0 Å². The molecule has 0 spiro atoms. The van der Waals surface area contributed by atoms with Crippen LogP contribution >= 0.6 is 15.9 Å². The molecule has 3 N–H and O–H groups in total. The van der Waals surface area contributed by atoms with Crippen LogP contribution in [0.2, 0.25) is 0 Å². The van der Waals surface area contributed by atoms with Crippen molar-refractivity contribution in [3.63, 3.8) is 0 Å². The van der Waals surface area contributed by atoms with E-state index in [9.17, 15) is 14.0 Å². The second-order valence-electron chi connectivity index (χ2n) is 3.48. The van der Waals surface area contributed by atoms with Gasteiger partial charge in [-0.15, -0.1) is 0 Å². The molecule has 1 aromatic heterocycles. The van der Waals surface area contributed by atoms with Crippen LogP contribution in [0.15, 0.2) is 29.0 Å². The Labute approximate surface area is 114 Å². The lowest BCUT2D eigenvalue weighted by molar-refractivity contribution is 0.0686. The molecule has 1 heterocycles. The van der Waals surface area contributed by atoms with E-state index in [1.165, 1.54) is 12.1 Å². The van der Waals surface area contributed by atoms with Gasteiger partial charge in [0, 0.05) is 4.47 Å². The molecule has 1 amide bonds. The third-order valence-corrected chi connectivity index (χ3v) is 2.93. The zero-order chi connectivity index (χ0) is 14.0. The predicted octanol–water partition coefficient (Wildman–Crippen LogP) is 2.26. The van der Waals surface area contributed by atoms with Gasteiger partial charge in [0.2, 0.25) is 0 Å². The van der Waals surface area contributed by atoms with Crippen LogP contribution in [0.1, 0.15) is 21.0 Å². The van der Waals surface area contributed by atoms with E-state index in [1.54, 1.807) is 6.07 Å². The summed E-state index contributed by atoms with van der Waals surface area (Å²) in [6.07, 6.45) is 1.08. The standard InChI is InChI=1S/C11H7BrFN3O3/c12-5-2-1-3-6(13)7(5)16-10(17)8-9(11(18)19)15-4-14-8/h1-4H,(H,14,15)(H,16,17)(H,18,19). The van der Waals surface area contributed by atoms with Gasteiger partial charge < -0.3 is 15.4 Å². The molecule has 0 bridgehead atoms. The molecule has 0 saturated carbocycles. The van der Waals surface area contributed by atoms with Gasteiger partial charge in [0.1, 0.15) is 5.82 Å². The normalized spacial score (nSPS) is 10.2. The summed E-state index contributed by atoms with van der Waals surface area (Å²) in [6, 6.07) is 4.18. The van der Waals surface area contributed by atoms with Crippen molar-refractivity contribution in [2.24, 2.45) is 0 Å². The third kappa shape index (κ3) is 2.63. The number of nitrogens with zero attached hydrogens (tertiary/aromatic N) is 1. The number of aromatic nitrogens is 2. The molecule has 19 heavy (non-hydrogen) atoms. The smallest absolute Gasteiger partial charge is 0.354 e. The van der Waals surface area contributed by atoms with Crippen LogP contribution in [0.4, 0.5) is 10.1 Å². The molecular formula is C11H7BrFN3O3. The van der Waals surface area contributed by atoms with Crippen molar-refractivity contribution in [1.29, 1.82) is 0 Å². The monoisotopic (exact) mass is 327 g/mol. The highest BCUT2D eigenvalue weighted by molar-refractivity contribution is 9.10. The zero-order valence-electron chi connectivity index (χ0n) is 9.28. The molecule has 2 rings (SSSR count). The lowest BCUT2D eigenvalue weighted by Crippen LogP contribution is -2.17. The highest BCUT2D eigenvalue weighted by atomic mass is 79.9. The number of H-pyrrole nitrogens is 1. The van der Waals surface area contributed by atoms with E-state index in [0.717, 1.165) is 6.33 Å². The molecule has 0 aliphatic rings. The van der Waals surface area contributed by atoms with Crippen LogP contribution in [0.5, 0.6) is 0 Å². The van der Waals surface area contributed by atoms with E-state index in [4.69, 9.17) is 5.11 Å². The van der Waals surface area contributed by atoms with Crippen molar-refractivity contribution in [2.75, 3.05) is 5.32 Å². The molecule has 0 aliphatic heterocycles. The number of carbonyl (C=O) groups is 2. The minimum absolute atomic E-state index is 0.0770. The summed E-state index contributed by atoms with van der Waals surface area (Å²) in [4.78, 5) is 28.6. The first-order chi connectivity index (χ1) is 9.00. The van der Waals surface area contributed by atoms with E-state index in [0.29, 0.717) is 4.47 Å².